The first-order chi connectivity index (χ1) is 7.70. The van der Waals surface area contributed by atoms with Crippen LogP contribution in [0.3, 0.4) is 0 Å². The number of hydrogen-bond acceptors (Lipinski definition) is 2. The van der Waals surface area contributed by atoms with Crippen LogP contribution in [0.15, 0.2) is 35.6 Å². The molecule has 16 heavy (non-hydrogen) atoms. The molecule has 5 heteroatoms. The van der Waals surface area contributed by atoms with Gasteiger partial charge in [0.2, 0.25) is 0 Å². The molecule has 1 aromatic carbocycles. The van der Waals surface area contributed by atoms with E-state index in [1.807, 2.05) is 6.08 Å². The van der Waals surface area contributed by atoms with Crippen molar-refractivity contribution in [1.29, 1.82) is 0 Å². The molecule has 0 spiro atoms. The summed E-state index contributed by atoms with van der Waals surface area (Å²) in [6.07, 6.45) is 4.25. The normalized spacial score (nSPS) is 15.2. The first kappa shape index (κ1) is 11.1. The second-order valence-electron chi connectivity index (χ2n) is 3.33. The lowest BCUT2D eigenvalue weighted by atomic mass is 10.2. The summed E-state index contributed by atoms with van der Waals surface area (Å²) in [5, 5.41) is 5.66. The van der Waals surface area contributed by atoms with Crippen LogP contribution in [0.2, 0.25) is 0 Å². The molecule has 1 aromatic rings. The standard InChI is InChI=1S/C11H9ClF2N2/c12-7-8-2-1-5-16(15-8)9-3-4-10(13)11(14)6-9/h1,3-6H,2,7H2. The third-order valence-electron chi connectivity index (χ3n) is 2.17. The van der Waals surface area contributed by atoms with Crippen LogP contribution in [0.5, 0.6) is 0 Å². The first-order valence-electron chi connectivity index (χ1n) is 4.74. The molecule has 0 bridgehead atoms. The molecule has 1 aliphatic heterocycles. The van der Waals surface area contributed by atoms with Gasteiger partial charge in [-0.15, -0.1) is 11.6 Å². The molecule has 0 amide bonds. The van der Waals surface area contributed by atoms with Gasteiger partial charge in [0.1, 0.15) is 0 Å². The van der Waals surface area contributed by atoms with Gasteiger partial charge in [0.15, 0.2) is 11.6 Å². The summed E-state index contributed by atoms with van der Waals surface area (Å²) >= 11 is 5.66. The number of benzene rings is 1. The summed E-state index contributed by atoms with van der Waals surface area (Å²) in [6.45, 7) is 0. The van der Waals surface area contributed by atoms with Gasteiger partial charge >= 0.3 is 0 Å². The van der Waals surface area contributed by atoms with Crippen molar-refractivity contribution in [2.75, 3.05) is 10.9 Å². The molecule has 2 nitrogen and oxygen atoms in total. The number of hydrazone groups is 1. The van der Waals surface area contributed by atoms with Gasteiger partial charge in [-0.05, 0) is 12.1 Å². The Morgan fingerprint density at radius 2 is 2.12 bits per heavy atom. The van der Waals surface area contributed by atoms with Gasteiger partial charge < -0.3 is 0 Å². The van der Waals surface area contributed by atoms with Crippen LogP contribution in [0.4, 0.5) is 14.5 Å². The predicted octanol–water partition coefficient (Wildman–Crippen LogP) is 3.28. The van der Waals surface area contributed by atoms with Crippen molar-refractivity contribution >= 4 is 23.0 Å². The molecule has 1 heterocycles. The average molecular weight is 243 g/mol. The van der Waals surface area contributed by atoms with Gasteiger partial charge in [-0.25, -0.2) is 13.8 Å². The number of allylic oxidation sites excluding steroid dienone is 1. The lowest BCUT2D eigenvalue weighted by molar-refractivity contribution is 0.508. The van der Waals surface area contributed by atoms with E-state index in [1.54, 1.807) is 6.20 Å². The van der Waals surface area contributed by atoms with Crippen LogP contribution in [0.1, 0.15) is 6.42 Å². The average Bonchev–Trinajstić information content (AvgIpc) is 2.33. The molecule has 0 aliphatic carbocycles. The van der Waals surface area contributed by atoms with Crippen LogP contribution in [-0.4, -0.2) is 11.6 Å². The summed E-state index contributed by atoms with van der Waals surface area (Å²) in [7, 11) is 0. The van der Waals surface area contributed by atoms with E-state index < -0.39 is 11.6 Å². The molecular weight excluding hydrogens is 234 g/mol. The predicted molar refractivity (Wildman–Crippen MR) is 60.7 cm³/mol. The third kappa shape index (κ3) is 2.22. The molecule has 84 valence electrons. The summed E-state index contributed by atoms with van der Waals surface area (Å²) in [5.74, 6) is -1.43. The minimum atomic E-state index is -0.890. The summed E-state index contributed by atoms with van der Waals surface area (Å²) in [6, 6.07) is 3.63. The maximum absolute atomic E-state index is 13.0. The molecule has 0 fully saturated rings. The third-order valence-corrected chi connectivity index (χ3v) is 2.48. The molecule has 0 radical (unpaired) electrons. The van der Waals surface area contributed by atoms with E-state index in [-0.39, 0.29) is 0 Å². The van der Waals surface area contributed by atoms with Crippen molar-refractivity contribution in [3.05, 3.63) is 42.1 Å². The fourth-order valence-electron chi connectivity index (χ4n) is 1.37. The van der Waals surface area contributed by atoms with Crippen LogP contribution in [0, 0.1) is 11.6 Å². The topological polar surface area (TPSA) is 15.6 Å². The Bertz CT molecular complexity index is 457. The van der Waals surface area contributed by atoms with E-state index in [9.17, 15) is 8.78 Å². The van der Waals surface area contributed by atoms with Gasteiger partial charge in [-0.2, -0.15) is 5.10 Å². The highest BCUT2D eigenvalue weighted by Crippen LogP contribution is 2.20. The van der Waals surface area contributed by atoms with Gasteiger partial charge in [0.05, 0.1) is 17.3 Å². The quantitative estimate of drug-likeness (QED) is 0.727. The fourth-order valence-corrected chi connectivity index (χ4v) is 1.53. The second kappa shape index (κ2) is 4.61. The fraction of sp³-hybridized carbons (Fsp3) is 0.182. The van der Waals surface area contributed by atoms with Crippen molar-refractivity contribution in [2.24, 2.45) is 5.10 Å². The number of anilines is 1. The van der Waals surface area contributed by atoms with Crippen LogP contribution in [0.25, 0.3) is 0 Å². The molecule has 0 atom stereocenters. The summed E-state index contributed by atoms with van der Waals surface area (Å²) in [4.78, 5) is 0. The van der Waals surface area contributed by atoms with Crippen molar-refractivity contribution in [3.8, 4) is 0 Å². The Hall–Kier alpha value is -1.42. The van der Waals surface area contributed by atoms with E-state index in [1.165, 1.54) is 11.1 Å². The zero-order chi connectivity index (χ0) is 11.5. The minimum Gasteiger partial charge on any atom is -0.241 e. The second-order valence-corrected chi connectivity index (χ2v) is 3.60. The van der Waals surface area contributed by atoms with Crippen molar-refractivity contribution in [1.82, 2.24) is 0 Å². The number of hydrogen-bond donors (Lipinski definition) is 0. The van der Waals surface area contributed by atoms with Gasteiger partial charge in [-0.3, -0.25) is 0 Å². The maximum atomic E-state index is 13.0. The number of alkyl halides is 1. The van der Waals surface area contributed by atoms with Crippen LogP contribution >= 0.6 is 11.6 Å². The maximum Gasteiger partial charge on any atom is 0.160 e. The highest BCUT2D eigenvalue weighted by Gasteiger charge is 2.10. The monoisotopic (exact) mass is 242 g/mol. The highest BCUT2D eigenvalue weighted by molar-refractivity contribution is 6.28. The molecule has 1 aliphatic rings. The molecule has 2 rings (SSSR count). The highest BCUT2D eigenvalue weighted by atomic mass is 35.5. The van der Waals surface area contributed by atoms with Crippen molar-refractivity contribution < 1.29 is 8.78 Å². The molecular formula is C11H9ClF2N2. The van der Waals surface area contributed by atoms with Crippen molar-refractivity contribution in [3.63, 3.8) is 0 Å². The van der Waals surface area contributed by atoms with Crippen LogP contribution < -0.4 is 5.01 Å². The van der Waals surface area contributed by atoms with E-state index in [2.05, 4.69) is 5.10 Å². The molecule has 0 saturated heterocycles. The first-order valence-corrected chi connectivity index (χ1v) is 5.27. The van der Waals surface area contributed by atoms with E-state index in [0.29, 0.717) is 18.0 Å². The molecule has 0 saturated carbocycles. The van der Waals surface area contributed by atoms with E-state index in [0.717, 1.165) is 17.8 Å². The number of nitrogens with zero attached hydrogens (tertiary/aromatic N) is 2. The SMILES string of the molecule is Fc1ccc(N2C=CCC(CCl)=N2)cc1F. The minimum absolute atomic E-state index is 0.324. The Balaban J connectivity index is 2.30. The van der Waals surface area contributed by atoms with Gasteiger partial charge in [0, 0.05) is 18.7 Å². The lowest BCUT2D eigenvalue weighted by Crippen LogP contribution is -2.17. The van der Waals surface area contributed by atoms with Gasteiger partial charge in [0.25, 0.3) is 0 Å². The van der Waals surface area contributed by atoms with Gasteiger partial charge in [-0.1, -0.05) is 6.08 Å². The zero-order valence-electron chi connectivity index (χ0n) is 8.33. The molecule has 0 aromatic heterocycles. The zero-order valence-corrected chi connectivity index (χ0v) is 9.09. The summed E-state index contributed by atoms with van der Waals surface area (Å²) < 4.78 is 25.8. The number of rotatable bonds is 2. The smallest absolute Gasteiger partial charge is 0.160 e. The Kier molecular flexibility index (Phi) is 3.19. The molecule has 0 unspecified atom stereocenters. The Labute approximate surface area is 96.8 Å². The Morgan fingerprint density at radius 3 is 2.81 bits per heavy atom. The van der Waals surface area contributed by atoms with E-state index in [4.69, 9.17) is 11.6 Å². The number of halogens is 3. The van der Waals surface area contributed by atoms with Crippen molar-refractivity contribution in [2.45, 2.75) is 6.42 Å². The molecule has 0 N–H and O–H groups in total. The Morgan fingerprint density at radius 1 is 1.31 bits per heavy atom. The van der Waals surface area contributed by atoms with E-state index >= 15 is 0 Å². The lowest BCUT2D eigenvalue weighted by Gasteiger charge is -2.19. The largest absolute Gasteiger partial charge is 0.241 e. The summed E-state index contributed by atoms with van der Waals surface area (Å²) in [5.41, 5.74) is 1.26. The van der Waals surface area contributed by atoms with Crippen LogP contribution in [-0.2, 0) is 0 Å².